The van der Waals surface area contributed by atoms with Crippen LogP contribution in [-0.4, -0.2) is 59.5 Å². The first-order valence-corrected chi connectivity index (χ1v) is 8.02. The molecule has 0 aromatic heterocycles. The van der Waals surface area contributed by atoms with Gasteiger partial charge in [-0.2, -0.15) is 0 Å². The Hall–Kier alpha value is -1.25. The lowest BCUT2D eigenvalue weighted by Gasteiger charge is -2.40. The van der Waals surface area contributed by atoms with E-state index in [1.54, 1.807) is 0 Å². The van der Waals surface area contributed by atoms with Crippen molar-refractivity contribution in [3.05, 3.63) is 32.8 Å². The molecule has 126 valence electrons. The van der Waals surface area contributed by atoms with Crippen molar-refractivity contribution < 1.29 is 23.5 Å². The number of piperazine rings is 1. The Bertz CT molecular complexity index is 633. The van der Waals surface area contributed by atoms with Crippen LogP contribution in [0.5, 0.6) is 0 Å². The van der Waals surface area contributed by atoms with Crippen molar-refractivity contribution in [3.8, 4) is 0 Å². The summed E-state index contributed by atoms with van der Waals surface area (Å²) >= 11 is 8.50. The number of carbonyl (C=O) groups is 2. The Morgan fingerprint density at radius 1 is 1.48 bits per heavy atom. The Morgan fingerprint density at radius 3 is 2.78 bits per heavy atom. The average molecular weight is 412 g/mol. The third-order valence-corrected chi connectivity index (χ3v) is 5.08. The van der Waals surface area contributed by atoms with Gasteiger partial charge >= 0.3 is 0 Å². The van der Waals surface area contributed by atoms with Crippen LogP contribution in [0.15, 0.2) is 10.5 Å². The number of carbonyl (C=O) groups excluding carboxylic acids is 2. The quantitative estimate of drug-likeness (QED) is 0.469. The molecule has 9 heteroatoms. The van der Waals surface area contributed by atoms with Crippen molar-refractivity contribution in [2.45, 2.75) is 12.5 Å². The number of nitrogens with zero attached hydrogens (tertiary/aromatic N) is 2. The largest absolute Gasteiger partial charge is 0.396 e. The lowest BCUT2D eigenvalue weighted by Crippen LogP contribution is -2.55. The molecular weight excluding hydrogens is 398 g/mol. The zero-order valence-corrected chi connectivity index (χ0v) is 14.3. The zero-order chi connectivity index (χ0) is 17.1. The van der Waals surface area contributed by atoms with Gasteiger partial charge in [-0.1, -0.05) is 11.6 Å². The predicted octanol–water partition coefficient (Wildman–Crippen LogP) is 2.05. The summed E-state index contributed by atoms with van der Waals surface area (Å²) in [4.78, 5) is 26.2. The normalized spacial score (nSPS) is 18.2. The van der Waals surface area contributed by atoms with E-state index >= 15 is 0 Å². The molecule has 1 aliphatic rings. The fourth-order valence-electron chi connectivity index (χ4n) is 2.52. The molecule has 1 aromatic rings. The van der Waals surface area contributed by atoms with Gasteiger partial charge in [0.15, 0.2) is 5.82 Å². The number of hydrogen-bond acceptors (Lipinski definition) is 3. The maximum Gasteiger partial charge on any atom is 0.257 e. The van der Waals surface area contributed by atoms with Crippen LogP contribution >= 0.6 is 27.5 Å². The van der Waals surface area contributed by atoms with E-state index in [2.05, 4.69) is 15.9 Å². The number of halogens is 4. The summed E-state index contributed by atoms with van der Waals surface area (Å²) in [6, 6.07) is 0.312. The summed E-state index contributed by atoms with van der Waals surface area (Å²) in [5.74, 6) is -2.57. The van der Waals surface area contributed by atoms with E-state index in [-0.39, 0.29) is 37.1 Å². The molecule has 1 N–H and O–H groups in total. The molecule has 0 radical (unpaired) electrons. The second kappa shape index (κ2) is 7.55. The minimum atomic E-state index is -1.01. The van der Waals surface area contributed by atoms with Crippen molar-refractivity contribution in [3.63, 3.8) is 0 Å². The Kier molecular flexibility index (Phi) is 5.94. The summed E-state index contributed by atoms with van der Waals surface area (Å²) in [6.45, 7) is 0.478. The second-order valence-electron chi connectivity index (χ2n) is 5.11. The maximum atomic E-state index is 14.2. The summed E-state index contributed by atoms with van der Waals surface area (Å²) in [6.07, 6.45) is 0.882. The van der Waals surface area contributed by atoms with Gasteiger partial charge in [-0.3, -0.25) is 9.59 Å². The van der Waals surface area contributed by atoms with Crippen molar-refractivity contribution in [1.82, 2.24) is 9.80 Å². The van der Waals surface area contributed by atoms with E-state index in [1.165, 1.54) is 9.80 Å². The van der Waals surface area contributed by atoms with Crippen LogP contribution in [0.2, 0.25) is 5.02 Å². The molecule has 1 aromatic carbocycles. The lowest BCUT2D eigenvalue weighted by atomic mass is 10.1. The van der Waals surface area contributed by atoms with Crippen molar-refractivity contribution in [1.29, 1.82) is 0 Å². The van der Waals surface area contributed by atoms with Crippen LogP contribution in [0.25, 0.3) is 0 Å². The van der Waals surface area contributed by atoms with Crippen LogP contribution in [0.3, 0.4) is 0 Å². The molecule has 1 fully saturated rings. The van der Waals surface area contributed by atoms with E-state index in [9.17, 15) is 18.4 Å². The Balaban J connectivity index is 2.33. The molecular formula is C14H14BrClF2N2O3. The Morgan fingerprint density at radius 2 is 2.17 bits per heavy atom. The van der Waals surface area contributed by atoms with E-state index in [4.69, 9.17) is 16.7 Å². The van der Waals surface area contributed by atoms with E-state index in [0.717, 1.165) is 6.07 Å². The maximum absolute atomic E-state index is 14.2. The average Bonchev–Trinajstić information content (AvgIpc) is 2.55. The second-order valence-corrected chi connectivity index (χ2v) is 6.28. The molecule has 1 atom stereocenters. The van der Waals surface area contributed by atoms with Crippen molar-refractivity contribution in [2.24, 2.45) is 0 Å². The van der Waals surface area contributed by atoms with Gasteiger partial charge in [0.2, 0.25) is 6.41 Å². The predicted molar refractivity (Wildman–Crippen MR) is 83.2 cm³/mol. The van der Waals surface area contributed by atoms with Crippen LogP contribution < -0.4 is 0 Å². The monoisotopic (exact) mass is 410 g/mol. The molecule has 23 heavy (non-hydrogen) atoms. The Labute approximate surface area is 144 Å². The number of amides is 2. The van der Waals surface area contributed by atoms with Gasteiger partial charge in [0, 0.05) is 26.2 Å². The summed E-state index contributed by atoms with van der Waals surface area (Å²) < 4.78 is 27.7. The lowest BCUT2D eigenvalue weighted by molar-refractivity contribution is -0.120. The summed E-state index contributed by atoms with van der Waals surface area (Å²) in [5, 5.41) is 8.62. The SMILES string of the molecule is O=CN1CCN(C(=O)c2cc(F)c(Br)c(Cl)c2F)[C@@H](CCO)C1. The smallest absolute Gasteiger partial charge is 0.257 e. The first-order valence-electron chi connectivity index (χ1n) is 6.84. The first kappa shape index (κ1) is 18.1. The van der Waals surface area contributed by atoms with Crippen molar-refractivity contribution >= 4 is 39.8 Å². The molecule has 0 aliphatic carbocycles. The molecule has 0 unspecified atom stereocenters. The molecule has 1 heterocycles. The fraction of sp³-hybridized carbons (Fsp3) is 0.429. The van der Waals surface area contributed by atoms with Gasteiger partial charge in [-0.15, -0.1) is 0 Å². The number of aliphatic hydroxyl groups is 1. The van der Waals surface area contributed by atoms with Gasteiger partial charge < -0.3 is 14.9 Å². The van der Waals surface area contributed by atoms with Gasteiger partial charge in [0.1, 0.15) is 5.82 Å². The highest BCUT2D eigenvalue weighted by atomic mass is 79.9. The molecule has 1 saturated heterocycles. The van der Waals surface area contributed by atoms with Gasteiger partial charge in [0.25, 0.3) is 5.91 Å². The molecule has 0 bridgehead atoms. The highest BCUT2D eigenvalue weighted by Gasteiger charge is 2.32. The molecule has 1 aliphatic heterocycles. The van der Waals surface area contributed by atoms with E-state index < -0.39 is 34.2 Å². The van der Waals surface area contributed by atoms with E-state index in [0.29, 0.717) is 6.41 Å². The highest BCUT2D eigenvalue weighted by Crippen LogP contribution is 2.31. The number of hydrogen-bond donors (Lipinski definition) is 1. The molecule has 0 saturated carbocycles. The minimum Gasteiger partial charge on any atom is -0.396 e. The van der Waals surface area contributed by atoms with Gasteiger partial charge in [-0.05, 0) is 28.4 Å². The van der Waals surface area contributed by atoms with Crippen molar-refractivity contribution in [2.75, 3.05) is 26.2 Å². The minimum absolute atomic E-state index is 0.164. The third-order valence-electron chi connectivity index (χ3n) is 3.72. The summed E-state index contributed by atoms with van der Waals surface area (Å²) in [7, 11) is 0. The molecule has 5 nitrogen and oxygen atoms in total. The molecule has 2 amide bonds. The standard InChI is InChI=1S/C14H14BrClF2N2O3/c15-11-10(17)5-9(13(18)12(11)16)14(23)20-3-2-19(7-22)6-8(20)1-4-21/h5,7-8,21H,1-4,6H2/t8-/m0/s1. The van der Waals surface area contributed by atoms with Gasteiger partial charge in [-0.25, -0.2) is 8.78 Å². The van der Waals surface area contributed by atoms with Crippen LogP contribution in [-0.2, 0) is 4.79 Å². The van der Waals surface area contributed by atoms with Crippen LogP contribution in [0.1, 0.15) is 16.8 Å². The fourth-order valence-corrected chi connectivity index (χ4v) is 3.00. The van der Waals surface area contributed by atoms with Gasteiger partial charge in [0.05, 0.1) is 21.1 Å². The summed E-state index contributed by atoms with van der Waals surface area (Å²) in [5.41, 5.74) is -0.474. The number of benzene rings is 1. The van der Waals surface area contributed by atoms with Crippen LogP contribution in [0.4, 0.5) is 8.78 Å². The topological polar surface area (TPSA) is 60.9 Å². The molecule has 0 spiro atoms. The number of aliphatic hydroxyl groups excluding tert-OH is 1. The molecule has 2 rings (SSSR count). The number of rotatable bonds is 4. The third kappa shape index (κ3) is 3.64. The first-order chi connectivity index (χ1) is 10.9. The zero-order valence-electron chi connectivity index (χ0n) is 11.9. The van der Waals surface area contributed by atoms with Crippen LogP contribution in [0, 0.1) is 11.6 Å². The van der Waals surface area contributed by atoms with E-state index in [1.807, 2.05) is 0 Å². The highest BCUT2D eigenvalue weighted by molar-refractivity contribution is 9.10.